The molecule has 3 rings (SSSR count). The summed E-state index contributed by atoms with van der Waals surface area (Å²) in [6.45, 7) is 5.99. The van der Waals surface area contributed by atoms with Gasteiger partial charge in [0.25, 0.3) is 0 Å². The summed E-state index contributed by atoms with van der Waals surface area (Å²) in [5.74, 6) is 14.1. The van der Waals surface area contributed by atoms with E-state index in [1.807, 2.05) is 7.11 Å². The van der Waals surface area contributed by atoms with Gasteiger partial charge in [-0.05, 0) is 113 Å². The Hall–Kier alpha value is -0.520. The predicted octanol–water partition coefficient (Wildman–Crippen LogP) is 7.88. The van der Waals surface area contributed by atoms with Crippen LogP contribution in [0, 0.1) is 59.2 Å². The highest BCUT2D eigenvalue weighted by atomic mass is 16.5. The van der Waals surface area contributed by atoms with Crippen LogP contribution in [0.25, 0.3) is 0 Å². The lowest BCUT2D eigenvalue weighted by Crippen LogP contribution is -2.29. The van der Waals surface area contributed by atoms with Crippen molar-refractivity contribution in [2.24, 2.45) is 47.3 Å². The van der Waals surface area contributed by atoms with E-state index in [1.165, 1.54) is 89.9 Å². The van der Waals surface area contributed by atoms with Gasteiger partial charge in [-0.2, -0.15) is 0 Å². The molecule has 190 valence electrons. The normalized spacial score (nSPS) is 34.8. The number of aliphatic hydroxyl groups excluding tert-OH is 1. The molecule has 0 saturated heterocycles. The minimum absolute atomic E-state index is 0.331. The Morgan fingerprint density at radius 1 is 0.788 bits per heavy atom. The van der Waals surface area contributed by atoms with Gasteiger partial charge in [0, 0.05) is 32.2 Å². The van der Waals surface area contributed by atoms with Crippen LogP contribution in [0.4, 0.5) is 0 Å². The SMILES string of the molecule is CCC(COC)C(CCCCO)C1CCC(C#CC2CCC(C3CCC(C)CC3)CC2)CC1. The Morgan fingerprint density at radius 3 is 1.85 bits per heavy atom. The van der Waals surface area contributed by atoms with E-state index in [4.69, 9.17) is 4.74 Å². The topological polar surface area (TPSA) is 29.5 Å². The largest absolute Gasteiger partial charge is 0.396 e. The summed E-state index contributed by atoms with van der Waals surface area (Å²) in [5, 5.41) is 9.24. The number of methoxy groups -OCH3 is 1. The van der Waals surface area contributed by atoms with Gasteiger partial charge in [-0.3, -0.25) is 0 Å². The second-order valence-electron chi connectivity index (χ2n) is 12.0. The summed E-state index contributed by atoms with van der Waals surface area (Å²) < 4.78 is 5.58. The van der Waals surface area contributed by atoms with Gasteiger partial charge in [-0.15, -0.1) is 0 Å². The molecule has 3 saturated carbocycles. The van der Waals surface area contributed by atoms with Crippen LogP contribution in [-0.4, -0.2) is 25.4 Å². The highest BCUT2D eigenvalue weighted by Crippen LogP contribution is 2.42. The van der Waals surface area contributed by atoms with Gasteiger partial charge in [0.2, 0.25) is 0 Å². The number of rotatable bonds is 10. The molecule has 0 radical (unpaired) electrons. The summed E-state index contributed by atoms with van der Waals surface area (Å²) in [7, 11) is 1.85. The third kappa shape index (κ3) is 8.58. The van der Waals surface area contributed by atoms with Crippen LogP contribution in [0.3, 0.4) is 0 Å². The van der Waals surface area contributed by atoms with Gasteiger partial charge < -0.3 is 9.84 Å². The van der Waals surface area contributed by atoms with Crippen molar-refractivity contribution in [3.05, 3.63) is 0 Å². The second kappa shape index (κ2) is 14.8. The maximum atomic E-state index is 9.24. The summed E-state index contributed by atoms with van der Waals surface area (Å²) in [6.07, 6.45) is 21.4. The van der Waals surface area contributed by atoms with E-state index in [2.05, 4.69) is 25.7 Å². The third-order valence-electron chi connectivity index (χ3n) is 9.82. The third-order valence-corrected chi connectivity index (χ3v) is 9.82. The maximum Gasteiger partial charge on any atom is 0.0493 e. The summed E-state index contributed by atoms with van der Waals surface area (Å²) in [5.41, 5.74) is 0. The maximum absolute atomic E-state index is 9.24. The summed E-state index contributed by atoms with van der Waals surface area (Å²) in [4.78, 5) is 0. The summed E-state index contributed by atoms with van der Waals surface area (Å²) in [6, 6.07) is 0. The van der Waals surface area contributed by atoms with Crippen molar-refractivity contribution in [1.82, 2.24) is 0 Å². The molecule has 3 aliphatic carbocycles. The first-order valence-electron chi connectivity index (χ1n) is 14.7. The molecule has 2 unspecified atom stereocenters. The van der Waals surface area contributed by atoms with E-state index in [-0.39, 0.29) is 0 Å². The first-order valence-corrected chi connectivity index (χ1v) is 14.7. The van der Waals surface area contributed by atoms with Crippen LogP contribution in [0.5, 0.6) is 0 Å². The van der Waals surface area contributed by atoms with E-state index in [0.717, 1.165) is 49.0 Å². The van der Waals surface area contributed by atoms with Crippen molar-refractivity contribution in [2.75, 3.05) is 20.3 Å². The fourth-order valence-corrected chi connectivity index (χ4v) is 7.53. The molecule has 1 N–H and O–H groups in total. The minimum atomic E-state index is 0.331. The lowest BCUT2D eigenvalue weighted by molar-refractivity contribution is 0.0707. The van der Waals surface area contributed by atoms with E-state index >= 15 is 0 Å². The first kappa shape index (κ1) is 27.1. The Kier molecular flexibility index (Phi) is 12.1. The van der Waals surface area contributed by atoms with Crippen LogP contribution in [0.1, 0.15) is 117 Å². The molecule has 0 aromatic heterocycles. The first-order chi connectivity index (χ1) is 16.1. The van der Waals surface area contributed by atoms with Gasteiger partial charge in [0.15, 0.2) is 0 Å². The molecule has 0 bridgehead atoms. The minimum Gasteiger partial charge on any atom is -0.396 e. The standard InChI is InChI=1S/C31H54O2/c1-4-27(23-33-3)31(7-5-6-22-32)30-20-14-26(15-21-30)11-10-25-12-18-29(19-13-25)28-16-8-24(2)9-17-28/h24-32H,4-9,12-23H2,1-3H3. The molecule has 2 atom stereocenters. The molecule has 0 aliphatic heterocycles. The van der Waals surface area contributed by atoms with E-state index in [9.17, 15) is 5.11 Å². The zero-order valence-electron chi connectivity index (χ0n) is 22.2. The second-order valence-corrected chi connectivity index (χ2v) is 12.0. The lowest BCUT2D eigenvalue weighted by Gasteiger charge is -2.37. The molecule has 2 nitrogen and oxygen atoms in total. The van der Waals surface area contributed by atoms with Crippen LogP contribution >= 0.6 is 0 Å². The van der Waals surface area contributed by atoms with E-state index in [0.29, 0.717) is 24.4 Å². The van der Waals surface area contributed by atoms with Crippen LogP contribution in [0.2, 0.25) is 0 Å². The zero-order chi connectivity index (χ0) is 23.5. The van der Waals surface area contributed by atoms with Crippen molar-refractivity contribution in [2.45, 2.75) is 117 Å². The van der Waals surface area contributed by atoms with Crippen molar-refractivity contribution in [1.29, 1.82) is 0 Å². The fourth-order valence-electron chi connectivity index (χ4n) is 7.53. The number of unbranched alkanes of at least 4 members (excludes halogenated alkanes) is 1. The average Bonchev–Trinajstić information content (AvgIpc) is 2.86. The highest BCUT2D eigenvalue weighted by Gasteiger charge is 2.32. The highest BCUT2D eigenvalue weighted by molar-refractivity contribution is 5.09. The molecule has 2 heteroatoms. The Balaban J connectivity index is 1.42. The quantitative estimate of drug-likeness (QED) is 0.266. The van der Waals surface area contributed by atoms with Crippen LogP contribution in [-0.2, 0) is 4.74 Å². The summed E-state index contributed by atoms with van der Waals surface area (Å²) >= 11 is 0. The number of ether oxygens (including phenoxy) is 1. The average molecular weight is 459 g/mol. The molecule has 0 aromatic rings. The fraction of sp³-hybridized carbons (Fsp3) is 0.935. The number of hydrogen-bond acceptors (Lipinski definition) is 2. The van der Waals surface area contributed by atoms with E-state index < -0.39 is 0 Å². The van der Waals surface area contributed by atoms with Gasteiger partial charge in [-0.25, -0.2) is 0 Å². The van der Waals surface area contributed by atoms with Crippen molar-refractivity contribution < 1.29 is 9.84 Å². The van der Waals surface area contributed by atoms with Crippen LogP contribution in [0.15, 0.2) is 0 Å². The predicted molar refractivity (Wildman–Crippen MR) is 140 cm³/mol. The van der Waals surface area contributed by atoms with Gasteiger partial charge in [0.1, 0.15) is 0 Å². The molecule has 3 aliphatic rings. The number of aliphatic hydroxyl groups is 1. The molecule has 0 spiro atoms. The lowest BCUT2D eigenvalue weighted by atomic mass is 9.69. The molecular weight excluding hydrogens is 404 g/mol. The molecule has 0 heterocycles. The zero-order valence-corrected chi connectivity index (χ0v) is 22.2. The van der Waals surface area contributed by atoms with Crippen molar-refractivity contribution in [3.63, 3.8) is 0 Å². The molecule has 0 aromatic carbocycles. The Morgan fingerprint density at radius 2 is 1.33 bits per heavy atom. The molecule has 0 amide bonds. The molecular formula is C31H54O2. The molecule has 3 fully saturated rings. The Bertz CT molecular complexity index is 565. The molecule has 33 heavy (non-hydrogen) atoms. The van der Waals surface area contributed by atoms with Crippen molar-refractivity contribution >= 4 is 0 Å². The van der Waals surface area contributed by atoms with Crippen LogP contribution < -0.4 is 0 Å². The number of hydrogen-bond donors (Lipinski definition) is 1. The van der Waals surface area contributed by atoms with E-state index in [1.54, 1.807) is 0 Å². The van der Waals surface area contributed by atoms with Gasteiger partial charge in [0.05, 0.1) is 0 Å². The van der Waals surface area contributed by atoms with Crippen molar-refractivity contribution in [3.8, 4) is 11.8 Å². The monoisotopic (exact) mass is 458 g/mol. The van der Waals surface area contributed by atoms with Gasteiger partial charge >= 0.3 is 0 Å². The Labute approximate surface area is 206 Å². The smallest absolute Gasteiger partial charge is 0.0493 e. The van der Waals surface area contributed by atoms with Gasteiger partial charge in [-0.1, -0.05) is 51.4 Å².